The molecule has 0 rings (SSSR count). The SMILES string of the molecule is CNCCONCl. The largest absolute Gasteiger partial charge is 0.317 e. The Hall–Kier alpha value is 0.170. The van der Waals surface area contributed by atoms with E-state index in [9.17, 15) is 0 Å². The molecule has 0 radical (unpaired) electrons. The summed E-state index contributed by atoms with van der Waals surface area (Å²) in [5.74, 6) is 0. The van der Waals surface area contributed by atoms with E-state index in [0.717, 1.165) is 6.54 Å². The lowest BCUT2D eigenvalue weighted by molar-refractivity contribution is 0.0988. The maximum atomic E-state index is 4.94. The molecule has 0 spiro atoms. The molecule has 0 aromatic heterocycles. The summed E-state index contributed by atoms with van der Waals surface area (Å²) in [5.41, 5.74) is 0. The molecule has 0 aromatic rings. The van der Waals surface area contributed by atoms with E-state index >= 15 is 0 Å². The quantitative estimate of drug-likeness (QED) is 0.312. The molecular formula is C3H9ClN2O. The van der Waals surface area contributed by atoms with Crippen LogP contribution in [0.5, 0.6) is 0 Å². The van der Waals surface area contributed by atoms with Crippen molar-refractivity contribution >= 4 is 11.8 Å². The number of rotatable bonds is 4. The molecule has 2 N–H and O–H groups in total. The van der Waals surface area contributed by atoms with E-state index in [1.807, 2.05) is 12.0 Å². The van der Waals surface area contributed by atoms with Crippen molar-refractivity contribution in [3.8, 4) is 0 Å². The zero-order chi connectivity index (χ0) is 5.54. The third-order valence-corrected chi connectivity index (χ3v) is 0.618. The van der Waals surface area contributed by atoms with Crippen LogP contribution in [0.1, 0.15) is 0 Å². The molecule has 3 nitrogen and oxygen atoms in total. The lowest BCUT2D eigenvalue weighted by atomic mass is 10.7. The molecule has 44 valence electrons. The van der Waals surface area contributed by atoms with E-state index < -0.39 is 0 Å². The summed E-state index contributed by atoms with van der Waals surface area (Å²) < 4.78 is 0. The van der Waals surface area contributed by atoms with E-state index in [2.05, 4.69) is 10.2 Å². The molecule has 0 saturated carbocycles. The van der Waals surface area contributed by atoms with Crippen molar-refractivity contribution in [3.63, 3.8) is 0 Å². The van der Waals surface area contributed by atoms with E-state index in [4.69, 9.17) is 11.8 Å². The zero-order valence-corrected chi connectivity index (χ0v) is 4.96. The molecule has 0 bridgehead atoms. The van der Waals surface area contributed by atoms with E-state index in [1.54, 1.807) is 0 Å². The molecule has 0 fully saturated rings. The lowest BCUT2D eigenvalue weighted by Gasteiger charge is -1.95. The predicted octanol–water partition coefficient (Wildman–Crippen LogP) is -0.119. The van der Waals surface area contributed by atoms with Gasteiger partial charge in [-0.3, -0.25) is 4.84 Å². The summed E-state index contributed by atoms with van der Waals surface area (Å²) >= 11 is 4.94. The van der Waals surface area contributed by atoms with Gasteiger partial charge in [0.15, 0.2) is 0 Å². The van der Waals surface area contributed by atoms with Gasteiger partial charge in [-0.2, -0.15) is 0 Å². The van der Waals surface area contributed by atoms with Crippen LogP contribution in [-0.2, 0) is 4.84 Å². The Kier molecular flexibility index (Phi) is 6.32. The first-order valence-corrected chi connectivity index (χ1v) is 2.41. The summed E-state index contributed by atoms with van der Waals surface area (Å²) in [6.45, 7) is 1.39. The number of hydrogen-bond donors (Lipinski definition) is 2. The first-order valence-electron chi connectivity index (χ1n) is 2.04. The molecule has 0 heterocycles. The molecule has 0 amide bonds. The van der Waals surface area contributed by atoms with Crippen LogP contribution in [0.4, 0.5) is 0 Å². The van der Waals surface area contributed by atoms with Crippen LogP contribution in [0.25, 0.3) is 0 Å². The van der Waals surface area contributed by atoms with Gasteiger partial charge in [0.2, 0.25) is 0 Å². The van der Waals surface area contributed by atoms with Crippen LogP contribution in [0.2, 0.25) is 0 Å². The maximum Gasteiger partial charge on any atom is 0.0822 e. The van der Waals surface area contributed by atoms with Gasteiger partial charge in [0.05, 0.1) is 6.61 Å². The fraction of sp³-hybridized carbons (Fsp3) is 1.00. The van der Waals surface area contributed by atoms with Gasteiger partial charge < -0.3 is 5.32 Å². The minimum atomic E-state index is 0.583. The smallest absolute Gasteiger partial charge is 0.0822 e. The Balaban J connectivity index is 2.45. The Morgan fingerprint density at radius 2 is 2.43 bits per heavy atom. The maximum absolute atomic E-state index is 4.94. The third-order valence-electron chi connectivity index (χ3n) is 0.509. The number of halogens is 1. The Labute approximate surface area is 48.1 Å². The summed E-state index contributed by atoms with van der Waals surface area (Å²) in [5, 5.41) is 2.88. The van der Waals surface area contributed by atoms with Crippen LogP contribution in [-0.4, -0.2) is 20.2 Å². The van der Waals surface area contributed by atoms with Gasteiger partial charge in [-0.1, -0.05) is 0 Å². The molecule has 0 unspecified atom stereocenters. The van der Waals surface area contributed by atoms with E-state index in [0.29, 0.717) is 6.61 Å². The standard InChI is InChI=1S/C3H9ClN2O/c1-5-2-3-7-6-4/h5-6H,2-3H2,1H3. The number of likely N-dealkylation sites (N-methyl/N-ethyl adjacent to an activating group) is 1. The van der Waals surface area contributed by atoms with Gasteiger partial charge in [-0.25, -0.2) is 0 Å². The molecule has 0 saturated heterocycles. The highest BCUT2D eigenvalue weighted by atomic mass is 35.5. The third kappa shape index (κ3) is 6.17. The lowest BCUT2D eigenvalue weighted by Crippen LogP contribution is -2.16. The minimum Gasteiger partial charge on any atom is -0.317 e. The Morgan fingerprint density at radius 1 is 1.71 bits per heavy atom. The van der Waals surface area contributed by atoms with Crippen molar-refractivity contribution in [2.24, 2.45) is 0 Å². The van der Waals surface area contributed by atoms with Gasteiger partial charge in [0.1, 0.15) is 0 Å². The molecule has 0 aromatic carbocycles. The average molecular weight is 125 g/mol. The second-order valence-electron chi connectivity index (χ2n) is 1.03. The molecular weight excluding hydrogens is 115 g/mol. The monoisotopic (exact) mass is 124 g/mol. The molecule has 4 heteroatoms. The number of nitrogens with one attached hydrogen (secondary N) is 2. The fourth-order valence-electron chi connectivity index (χ4n) is 0.192. The first-order chi connectivity index (χ1) is 3.41. The molecule has 7 heavy (non-hydrogen) atoms. The van der Waals surface area contributed by atoms with Gasteiger partial charge >= 0.3 is 0 Å². The van der Waals surface area contributed by atoms with Crippen LogP contribution in [0.3, 0.4) is 0 Å². The molecule has 0 aliphatic rings. The van der Waals surface area contributed by atoms with Crippen LogP contribution < -0.4 is 10.3 Å². The normalized spacial score (nSPS) is 9.43. The summed E-state index contributed by atoms with van der Waals surface area (Å²) in [4.78, 5) is 6.56. The van der Waals surface area contributed by atoms with Gasteiger partial charge in [0, 0.05) is 18.3 Å². The highest BCUT2D eigenvalue weighted by Gasteiger charge is 1.77. The van der Waals surface area contributed by atoms with Crippen molar-refractivity contribution in [1.29, 1.82) is 0 Å². The van der Waals surface area contributed by atoms with Crippen molar-refractivity contribution in [1.82, 2.24) is 10.3 Å². The van der Waals surface area contributed by atoms with Gasteiger partial charge in [0.25, 0.3) is 0 Å². The number of hydrogen-bond acceptors (Lipinski definition) is 3. The van der Waals surface area contributed by atoms with Crippen LogP contribution in [0, 0.1) is 0 Å². The molecule has 0 aliphatic heterocycles. The fourth-order valence-corrected chi connectivity index (χ4v) is 0.269. The minimum absolute atomic E-state index is 0.583. The van der Waals surface area contributed by atoms with Crippen molar-refractivity contribution in [3.05, 3.63) is 0 Å². The summed E-state index contributed by atoms with van der Waals surface area (Å²) in [6.07, 6.45) is 0. The van der Waals surface area contributed by atoms with Crippen LogP contribution in [0.15, 0.2) is 0 Å². The Morgan fingerprint density at radius 3 is 2.86 bits per heavy atom. The first kappa shape index (κ1) is 7.17. The predicted molar refractivity (Wildman–Crippen MR) is 28.9 cm³/mol. The second-order valence-corrected chi connectivity index (χ2v) is 1.18. The van der Waals surface area contributed by atoms with Crippen molar-refractivity contribution in [2.45, 2.75) is 0 Å². The highest BCUT2D eigenvalue weighted by Crippen LogP contribution is 1.64. The van der Waals surface area contributed by atoms with E-state index in [1.165, 1.54) is 0 Å². The average Bonchev–Trinajstić information content (AvgIpc) is 1.69. The van der Waals surface area contributed by atoms with Crippen molar-refractivity contribution in [2.75, 3.05) is 20.2 Å². The Bertz CT molecular complexity index is 32.1. The summed E-state index contributed by atoms with van der Waals surface area (Å²) in [6, 6.07) is 0. The van der Waals surface area contributed by atoms with Gasteiger partial charge in [-0.15, -0.1) is 5.00 Å². The van der Waals surface area contributed by atoms with Gasteiger partial charge in [-0.05, 0) is 7.05 Å². The van der Waals surface area contributed by atoms with Crippen LogP contribution >= 0.6 is 11.8 Å². The highest BCUT2D eigenvalue weighted by molar-refractivity contribution is 6.12. The van der Waals surface area contributed by atoms with Crippen molar-refractivity contribution < 1.29 is 4.84 Å². The zero-order valence-electron chi connectivity index (χ0n) is 4.20. The molecule has 0 aliphatic carbocycles. The second kappa shape index (κ2) is 6.17. The van der Waals surface area contributed by atoms with E-state index in [-0.39, 0.29) is 0 Å². The topological polar surface area (TPSA) is 33.3 Å². The summed E-state index contributed by atoms with van der Waals surface area (Å²) in [7, 11) is 1.84. The molecule has 0 atom stereocenters.